The molecule has 1 amide bonds. The van der Waals surface area contributed by atoms with Gasteiger partial charge in [-0.1, -0.05) is 24.3 Å². The number of rotatable bonds is 3. The van der Waals surface area contributed by atoms with Crippen molar-refractivity contribution in [2.75, 3.05) is 5.32 Å². The lowest BCUT2D eigenvalue weighted by atomic mass is 10.2. The molecule has 0 atom stereocenters. The third-order valence-corrected chi connectivity index (χ3v) is 3.81. The normalized spacial score (nSPS) is 11.0. The van der Waals surface area contributed by atoms with E-state index in [1.807, 2.05) is 24.3 Å². The average molecular weight is 335 g/mol. The van der Waals surface area contributed by atoms with E-state index in [-0.39, 0.29) is 5.56 Å². The number of carbonyl (C=O) groups excluding carboxylic acids is 1. The lowest BCUT2D eigenvalue weighted by molar-refractivity contribution is 0.102. The van der Waals surface area contributed by atoms with Crippen LogP contribution in [0.15, 0.2) is 54.7 Å². The molecule has 4 rings (SSSR count). The molecule has 25 heavy (non-hydrogen) atoms. The van der Waals surface area contributed by atoms with Gasteiger partial charge in [0.2, 0.25) is 0 Å². The van der Waals surface area contributed by atoms with Gasteiger partial charge in [0, 0.05) is 13.2 Å². The number of hydrogen-bond donors (Lipinski definition) is 2. The molecule has 7 heteroatoms. The van der Waals surface area contributed by atoms with Crippen molar-refractivity contribution in [3.8, 4) is 11.5 Å². The number of para-hydroxylation sites is 2. The second kappa shape index (κ2) is 5.86. The fourth-order valence-corrected chi connectivity index (χ4v) is 2.65. The van der Waals surface area contributed by atoms with E-state index in [0.29, 0.717) is 17.2 Å². The van der Waals surface area contributed by atoms with Crippen molar-refractivity contribution in [2.45, 2.75) is 0 Å². The van der Waals surface area contributed by atoms with Gasteiger partial charge in [-0.2, -0.15) is 5.10 Å². The molecule has 0 aliphatic heterocycles. The topological polar surface area (TPSA) is 75.6 Å². The van der Waals surface area contributed by atoms with Crippen molar-refractivity contribution in [1.29, 1.82) is 0 Å². The van der Waals surface area contributed by atoms with E-state index in [1.54, 1.807) is 24.0 Å². The highest BCUT2D eigenvalue weighted by Crippen LogP contribution is 2.26. The molecule has 0 radical (unpaired) electrons. The van der Waals surface area contributed by atoms with Crippen LogP contribution in [0, 0.1) is 5.82 Å². The summed E-state index contributed by atoms with van der Waals surface area (Å²) in [5.41, 5.74) is 2.59. The first kappa shape index (κ1) is 15.1. The molecular weight excluding hydrogens is 321 g/mol. The molecule has 124 valence electrons. The number of halogens is 1. The lowest BCUT2D eigenvalue weighted by Gasteiger charge is -2.05. The number of nitrogens with zero attached hydrogens (tertiary/aromatic N) is 3. The SMILES string of the molecule is Cn1cc(NC(=O)c2ccccc2F)c(-c2nc3ccccc3[nH]2)n1. The van der Waals surface area contributed by atoms with E-state index in [4.69, 9.17) is 0 Å². The van der Waals surface area contributed by atoms with Crippen molar-refractivity contribution in [3.05, 3.63) is 66.1 Å². The van der Waals surface area contributed by atoms with Crippen LogP contribution in [0.25, 0.3) is 22.6 Å². The Bertz CT molecular complexity index is 1050. The van der Waals surface area contributed by atoms with Crippen LogP contribution in [0.2, 0.25) is 0 Å². The van der Waals surface area contributed by atoms with Crippen LogP contribution in [0.4, 0.5) is 10.1 Å². The number of hydrogen-bond acceptors (Lipinski definition) is 3. The van der Waals surface area contributed by atoms with Gasteiger partial charge in [0.05, 0.1) is 22.3 Å². The van der Waals surface area contributed by atoms with Crippen LogP contribution in [0.5, 0.6) is 0 Å². The summed E-state index contributed by atoms with van der Waals surface area (Å²) in [5, 5.41) is 7.07. The van der Waals surface area contributed by atoms with Crippen LogP contribution in [-0.2, 0) is 7.05 Å². The van der Waals surface area contributed by atoms with Gasteiger partial charge in [0.1, 0.15) is 5.82 Å². The summed E-state index contributed by atoms with van der Waals surface area (Å²) >= 11 is 0. The average Bonchev–Trinajstić information content (AvgIpc) is 3.18. The molecular formula is C18H14FN5O. The highest BCUT2D eigenvalue weighted by Gasteiger charge is 2.18. The Morgan fingerprint density at radius 3 is 2.72 bits per heavy atom. The number of aromatic amines is 1. The Balaban J connectivity index is 1.72. The standard InChI is InChI=1S/C18H14FN5O/c1-24-10-15(22-18(25)11-6-2-3-7-12(11)19)16(23-24)17-20-13-8-4-5-9-14(13)21-17/h2-10H,1H3,(H,20,21)(H,22,25). The highest BCUT2D eigenvalue weighted by atomic mass is 19.1. The van der Waals surface area contributed by atoms with Gasteiger partial charge in [-0.25, -0.2) is 9.37 Å². The van der Waals surface area contributed by atoms with E-state index >= 15 is 0 Å². The quantitative estimate of drug-likeness (QED) is 0.603. The molecule has 2 aromatic carbocycles. The zero-order chi connectivity index (χ0) is 17.4. The van der Waals surface area contributed by atoms with Crippen LogP contribution >= 0.6 is 0 Å². The molecule has 0 fully saturated rings. The van der Waals surface area contributed by atoms with Gasteiger partial charge in [0.25, 0.3) is 5.91 Å². The van der Waals surface area contributed by atoms with Crippen LogP contribution < -0.4 is 5.32 Å². The Morgan fingerprint density at radius 2 is 1.92 bits per heavy atom. The summed E-state index contributed by atoms with van der Waals surface area (Å²) in [6.45, 7) is 0. The second-order valence-corrected chi connectivity index (χ2v) is 5.60. The molecule has 0 unspecified atom stereocenters. The summed E-state index contributed by atoms with van der Waals surface area (Å²) < 4.78 is 15.4. The molecule has 0 spiro atoms. The van der Waals surface area contributed by atoms with E-state index in [2.05, 4.69) is 20.4 Å². The number of carbonyl (C=O) groups is 1. The minimum Gasteiger partial charge on any atom is -0.337 e. The molecule has 0 aliphatic rings. The van der Waals surface area contributed by atoms with E-state index in [9.17, 15) is 9.18 Å². The maximum absolute atomic E-state index is 13.8. The number of nitrogens with one attached hydrogen (secondary N) is 2. The van der Waals surface area contributed by atoms with Gasteiger partial charge < -0.3 is 10.3 Å². The Hall–Kier alpha value is -3.48. The third-order valence-electron chi connectivity index (χ3n) is 3.81. The number of imidazole rings is 1. The zero-order valence-corrected chi connectivity index (χ0v) is 13.3. The van der Waals surface area contributed by atoms with Gasteiger partial charge in [0.15, 0.2) is 11.5 Å². The number of aryl methyl sites for hydroxylation is 1. The first-order chi connectivity index (χ1) is 12.1. The Labute approximate surface area is 142 Å². The van der Waals surface area contributed by atoms with Crippen molar-refractivity contribution in [3.63, 3.8) is 0 Å². The summed E-state index contributed by atoms with van der Waals surface area (Å²) in [7, 11) is 1.74. The van der Waals surface area contributed by atoms with Crippen LogP contribution in [-0.4, -0.2) is 25.7 Å². The second-order valence-electron chi connectivity index (χ2n) is 5.60. The van der Waals surface area contributed by atoms with E-state index in [1.165, 1.54) is 18.2 Å². The smallest absolute Gasteiger partial charge is 0.258 e. The maximum atomic E-state index is 13.8. The van der Waals surface area contributed by atoms with Crippen LogP contribution in [0.3, 0.4) is 0 Å². The predicted molar refractivity (Wildman–Crippen MR) is 92.6 cm³/mol. The monoisotopic (exact) mass is 335 g/mol. The van der Waals surface area contributed by atoms with E-state index in [0.717, 1.165) is 11.0 Å². The predicted octanol–water partition coefficient (Wildman–Crippen LogP) is 3.35. The van der Waals surface area contributed by atoms with Crippen molar-refractivity contribution in [1.82, 2.24) is 19.7 Å². The fourth-order valence-electron chi connectivity index (χ4n) is 2.65. The number of benzene rings is 2. The summed E-state index contributed by atoms with van der Waals surface area (Å²) in [6.07, 6.45) is 1.65. The zero-order valence-electron chi connectivity index (χ0n) is 13.3. The number of H-pyrrole nitrogens is 1. The molecule has 6 nitrogen and oxygen atoms in total. The molecule has 0 aliphatic carbocycles. The Kier molecular flexibility index (Phi) is 3.53. The van der Waals surface area contributed by atoms with Crippen molar-refractivity contribution < 1.29 is 9.18 Å². The van der Waals surface area contributed by atoms with Crippen molar-refractivity contribution >= 4 is 22.6 Å². The van der Waals surface area contributed by atoms with Crippen LogP contribution in [0.1, 0.15) is 10.4 Å². The van der Waals surface area contributed by atoms with Gasteiger partial charge in [-0.3, -0.25) is 9.48 Å². The molecule has 2 heterocycles. The molecule has 0 saturated heterocycles. The van der Waals surface area contributed by atoms with E-state index < -0.39 is 11.7 Å². The van der Waals surface area contributed by atoms with Gasteiger partial charge >= 0.3 is 0 Å². The molecule has 2 aromatic heterocycles. The third kappa shape index (κ3) is 2.76. The summed E-state index contributed by atoms with van der Waals surface area (Å²) in [4.78, 5) is 20.1. The van der Waals surface area contributed by atoms with Gasteiger partial charge in [-0.15, -0.1) is 0 Å². The number of amides is 1. The molecule has 0 saturated carbocycles. The first-order valence-corrected chi connectivity index (χ1v) is 7.66. The van der Waals surface area contributed by atoms with Crippen molar-refractivity contribution in [2.24, 2.45) is 7.05 Å². The minimum absolute atomic E-state index is 0.0260. The number of aromatic nitrogens is 4. The molecule has 4 aromatic rings. The Morgan fingerprint density at radius 1 is 1.16 bits per heavy atom. The largest absolute Gasteiger partial charge is 0.337 e. The molecule has 0 bridgehead atoms. The lowest BCUT2D eigenvalue weighted by Crippen LogP contribution is -2.13. The summed E-state index contributed by atoms with van der Waals surface area (Å²) in [6, 6.07) is 13.4. The first-order valence-electron chi connectivity index (χ1n) is 7.66. The van der Waals surface area contributed by atoms with Gasteiger partial charge in [-0.05, 0) is 24.3 Å². The summed E-state index contributed by atoms with van der Waals surface area (Å²) in [5.74, 6) is -0.580. The highest BCUT2D eigenvalue weighted by molar-refractivity contribution is 6.06. The minimum atomic E-state index is -0.575. The number of anilines is 1. The maximum Gasteiger partial charge on any atom is 0.258 e. The number of fused-ring (bicyclic) bond motifs is 1. The fraction of sp³-hybridized carbons (Fsp3) is 0.0556. The molecule has 2 N–H and O–H groups in total.